The van der Waals surface area contributed by atoms with E-state index < -0.39 is 0 Å². The Labute approximate surface area is 175 Å². The molecule has 140 valence electrons. The van der Waals surface area contributed by atoms with Gasteiger partial charge in [0.05, 0.1) is 15.5 Å². The average molecular weight is 424 g/mol. The van der Waals surface area contributed by atoms with Crippen LogP contribution >= 0.6 is 34.4 Å². The van der Waals surface area contributed by atoms with Gasteiger partial charge in [0, 0.05) is 5.56 Å². The van der Waals surface area contributed by atoms with Crippen molar-refractivity contribution < 1.29 is 4.79 Å². The summed E-state index contributed by atoms with van der Waals surface area (Å²) in [6.07, 6.45) is 0. The molecule has 0 aliphatic carbocycles. The molecule has 0 N–H and O–H groups in total. The first-order valence-corrected chi connectivity index (χ1v) is 11.4. The maximum atomic E-state index is 12.6. The van der Waals surface area contributed by atoms with Crippen LogP contribution in [0, 0.1) is 13.8 Å². The van der Waals surface area contributed by atoms with Gasteiger partial charge in [-0.25, -0.2) is 4.98 Å². The van der Waals surface area contributed by atoms with Crippen molar-refractivity contribution in [1.82, 2.24) is 15.2 Å². The highest BCUT2D eigenvalue weighted by molar-refractivity contribution is 7.99. The maximum absolute atomic E-state index is 12.6. The number of hydrogen-bond donors (Lipinski definition) is 0. The Morgan fingerprint density at radius 2 is 1.64 bits per heavy atom. The summed E-state index contributed by atoms with van der Waals surface area (Å²) in [5.41, 5.74) is 4.61. The van der Waals surface area contributed by atoms with Gasteiger partial charge in [0.25, 0.3) is 0 Å². The number of aromatic nitrogens is 3. The summed E-state index contributed by atoms with van der Waals surface area (Å²) < 4.78 is 0. The highest BCUT2D eigenvalue weighted by Gasteiger charge is 2.16. The Hall–Kier alpha value is -2.35. The first kappa shape index (κ1) is 19.0. The number of hydrogen-bond acceptors (Lipinski definition) is 7. The molecular formula is C21H17N3OS3. The van der Waals surface area contributed by atoms with Crippen LogP contribution < -0.4 is 0 Å². The van der Waals surface area contributed by atoms with Crippen molar-refractivity contribution in [1.29, 1.82) is 0 Å². The molecule has 0 radical (unpaired) electrons. The number of aryl methyl sites for hydroxylation is 2. The van der Waals surface area contributed by atoms with Crippen LogP contribution in [-0.4, -0.2) is 26.7 Å². The van der Waals surface area contributed by atoms with Crippen molar-refractivity contribution in [3.63, 3.8) is 0 Å². The van der Waals surface area contributed by atoms with Gasteiger partial charge < -0.3 is 0 Å². The fraction of sp³-hybridized carbons (Fsp3) is 0.143. The third-order valence-corrected chi connectivity index (χ3v) is 6.93. The van der Waals surface area contributed by atoms with E-state index in [2.05, 4.69) is 10.2 Å². The molecule has 0 spiro atoms. The van der Waals surface area contributed by atoms with Crippen molar-refractivity contribution in [2.45, 2.75) is 19.0 Å². The van der Waals surface area contributed by atoms with E-state index in [0.717, 1.165) is 32.3 Å². The fourth-order valence-electron chi connectivity index (χ4n) is 2.66. The molecule has 0 fully saturated rings. The maximum Gasteiger partial charge on any atom is 0.210 e. The lowest BCUT2D eigenvalue weighted by Crippen LogP contribution is -2.05. The Bertz CT molecular complexity index is 1110. The van der Waals surface area contributed by atoms with E-state index >= 15 is 0 Å². The Kier molecular flexibility index (Phi) is 5.66. The van der Waals surface area contributed by atoms with Crippen LogP contribution in [0.4, 0.5) is 0 Å². The van der Waals surface area contributed by atoms with Gasteiger partial charge in [-0.1, -0.05) is 36.0 Å². The summed E-state index contributed by atoms with van der Waals surface area (Å²) in [5, 5.41) is 13.2. The van der Waals surface area contributed by atoms with Crippen molar-refractivity contribution in [2.24, 2.45) is 0 Å². The molecule has 1 aromatic carbocycles. The van der Waals surface area contributed by atoms with Gasteiger partial charge in [-0.2, -0.15) is 0 Å². The summed E-state index contributed by atoms with van der Waals surface area (Å²) >= 11 is 4.56. The predicted octanol–water partition coefficient (Wildman–Crippen LogP) is 5.92. The Balaban J connectivity index is 1.58. The molecule has 28 heavy (non-hydrogen) atoms. The van der Waals surface area contributed by atoms with Gasteiger partial charge >= 0.3 is 0 Å². The molecule has 4 rings (SSSR count). The lowest BCUT2D eigenvalue weighted by atomic mass is 10.0. The molecule has 0 bridgehead atoms. The van der Waals surface area contributed by atoms with Crippen LogP contribution in [0.3, 0.4) is 0 Å². The van der Waals surface area contributed by atoms with E-state index in [4.69, 9.17) is 4.98 Å². The first-order chi connectivity index (χ1) is 13.6. The normalized spacial score (nSPS) is 10.9. The van der Waals surface area contributed by atoms with Gasteiger partial charge in [-0.3, -0.25) is 4.79 Å². The monoisotopic (exact) mass is 423 g/mol. The number of thiophene rings is 2. The molecule has 4 aromatic rings. The zero-order valence-corrected chi connectivity index (χ0v) is 17.8. The van der Waals surface area contributed by atoms with E-state index in [1.54, 1.807) is 22.7 Å². The average Bonchev–Trinajstić information content (AvgIpc) is 3.42. The molecule has 0 atom stereocenters. The molecule has 4 nitrogen and oxygen atoms in total. The molecule has 7 heteroatoms. The minimum Gasteiger partial charge on any atom is -0.293 e. The number of carbonyl (C=O) groups is 1. The van der Waals surface area contributed by atoms with Crippen molar-refractivity contribution in [3.05, 3.63) is 69.9 Å². The van der Waals surface area contributed by atoms with Crippen molar-refractivity contribution in [3.8, 4) is 21.1 Å². The zero-order valence-electron chi connectivity index (χ0n) is 15.4. The van der Waals surface area contributed by atoms with Gasteiger partial charge in [0.15, 0.2) is 5.78 Å². The zero-order chi connectivity index (χ0) is 19.5. The number of carbonyl (C=O) groups excluding carboxylic acids is 1. The highest BCUT2D eigenvalue weighted by Crippen LogP contribution is 2.34. The van der Waals surface area contributed by atoms with Gasteiger partial charge in [-0.05, 0) is 53.9 Å². The molecule has 3 aromatic heterocycles. The number of rotatable bonds is 6. The van der Waals surface area contributed by atoms with E-state index in [9.17, 15) is 4.79 Å². The smallest absolute Gasteiger partial charge is 0.210 e. The van der Waals surface area contributed by atoms with Gasteiger partial charge in [0.2, 0.25) is 5.16 Å². The molecular weight excluding hydrogens is 406 g/mol. The molecule has 0 amide bonds. The molecule has 0 unspecified atom stereocenters. The van der Waals surface area contributed by atoms with Crippen LogP contribution in [0.15, 0.2) is 58.4 Å². The van der Waals surface area contributed by atoms with Crippen LogP contribution in [0.5, 0.6) is 0 Å². The van der Waals surface area contributed by atoms with Crippen LogP contribution in [-0.2, 0) is 0 Å². The van der Waals surface area contributed by atoms with Gasteiger partial charge in [-0.15, -0.1) is 32.9 Å². The van der Waals surface area contributed by atoms with E-state index in [0.29, 0.717) is 5.16 Å². The predicted molar refractivity (Wildman–Crippen MR) is 117 cm³/mol. The summed E-state index contributed by atoms with van der Waals surface area (Å²) in [6.45, 7) is 4.06. The Morgan fingerprint density at radius 3 is 2.29 bits per heavy atom. The first-order valence-electron chi connectivity index (χ1n) is 8.67. The summed E-state index contributed by atoms with van der Waals surface area (Å²) in [6, 6.07) is 13.8. The SMILES string of the molecule is Cc1ccc(C(=O)CSc2nnc(-c3cccs3)c(-c3cccs3)n2)cc1C. The molecule has 0 aliphatic rings. The standard InChI is InChI=1S/C21H17N3OS3/c1-13-7-8-15(11-14(13)2)16(25)12-28-21-22-19(17-5-3-9-26-17)20(23-24-21)18-6-4-10-27-18/h3-11H,12H2,1-2H3. The third-order valence-electron chi connectivity index (χ3n) is 4.34. The molecule has 0 saturated heterocycles. The number of nitrogens with zero attached hydrogens (tertiary/aromatic N) is 3. The summed E-state index contributed by atoms with van der Waals surface area (Å²) in [7, 11) is 0. The number of thioether (sulfide) groups is 1. The second-order valence-electron chi connectivity index (χ2n) is 6.26. The molecule has 0 aliphatic heterocycles. The number of Topliss-reactive ketones (excluding diaryl/α,β-unsaturated/α-hetero) is 1. The van der Waals surface area contributed by atoms with E-state index in [1.165, 1.54) is 17.3 Å². The largest absolute Gasteiger partial charge is 0.293 e. The van der Waals surface area contributed by atoms with Crippen molar-refractivity contribution >= 4 is 40.2 Å². The summed E-state index contributed by atoms with van der Waals surface area (Å²) in [4.78, 5) is 19.4. The minimum absolute atomic E-state index is 0.0664. The van der Waals surface area contributed by atoms with E-state index in [1.807, 2.05) is 67.1 Å². The highest BCUT2D eigenvalue weighted by atomic mass is 32.2. The van der Waals surface area contributed by atoms with Crippen LogP contribution in [0.1, 0.15) is 21.5 Å². The second-order valence-corrected chi connectivity index (χ2v) is 9.09. The van der Waals surface area contributed by atoms with Gasteiger partial charge in [0.1, 0.15) is 11.4 Å². The minimum atomic E-state index is 0.0664. The van der Waals surface area contributed by atoms with Crippen LogP contribution in [0.2, 0.25) is 0 Å². The topological polar surface area (TPSA) is 55.7 Å². The van der Waals surface area contributed by atoms with E-state index in [-0.39, 0.29) is 11.5 Å². The lowest BCUT2D eigenvalue weighted by molar-refractivity contribution is 0.102. The van der Waals surface area contributed by atoms with Crippen molar-refractivity contribution in [2.75, 3.05) is 5.75 Å². The van der Waals surface area contributed by atoms with Crippen LogP contribution in [0.25, 0.3) is 21.1 Å². The number of ketones is 1. The lowest BCUT2D eigenvalue weighted by Gasteiger charge is -2.07. The molecule has 3 heterocycles. The summed E-state index contributed by atoms with van der Waals surface area (Å²) in [5.74, 6) is 0.351. The molecule has 0 saturated carbocycles. The second kappa shape index (κ2) is 8.34. The Morgan fingerprint density at radius 1 is 0.929 bits per heavy atom. The fourth-order valence-corrected chi connectivity index (χ4v) is 4.77. The quantitative estimate of drug-likeness (QED) is 0.285. The number of benzene rings is 1. The third kappa shape index (κ3) is 4.06.